The number of amides is 1. The molecule has 0 saturated carbocycles. The highest BCUT2D eigenvalue weighted by molar-refractivity contribution is 7.93. The number of aryl methyl sites for hydroxylation is 1. The predicted octanol–water partition coefficient (Wildman–Crippen LogP) is 4.15. The second kappa shape index (κ2) is 10.3. The molecule has 13 heteroatoms. The lowest BCUT2D eigenvalue weighted by Gasteiger charge is -2.37. The molecule has 0 bridgehead atoms. The minimum absolute atomic E-state index is 0.0477. The number of pyridine rings is 1. The van der Waals surface area contributed by atoms with Crippen molar-refractivity contribution in [2.24, 2.45) is 0 Å². The summed E-state index contributed by atoms with van der Waals surface area (Å²) in [4.78, 5) is 24.2. The van der Waals surface area contributed by atoms with E-state index < -0.39 is 21.9 Å². The molecular weight excluding hydrogens is 568 g/mol. The normalized spacial score (nSPS) is 20.0. The summed E-state index contributed by atoms with van der Waals surface area (Å²) in [6, 6.07) is 6.82. The molecule has 9 nitrogen and oxygen atoms in total. The number of fused-ring (bicyclic) bond motifs is 3. The molecule has 0 aliphatic carbocycles. The van der Waals surface area contributed by atoms with E-state index in [4.69, 9.17) is 32.9 Å². The third kappa shape index (κ3) is 4.85. The number of nitrogens with zero attached hydrogens (tertiary/aromatic N) is 5. The van der Waals surface area contributed by atoms with Gasteiger partial charge in [-0.25, -0.2) is 22.8 Å². The minimum atomic E-state index is -3.41. The third-order valence-electron chi connectivity index (χ3n) is 7.44. The zero-order chi connectivity index (χ0) is 27.3. The maximum Gasteiger partial charge on any atom is 0.261 e. The van der Waals surface area contributed by atoms with E-state index in [1.54, 1.807) is 17.0 Å². The van der Waals surface area contributed by atoms with Crippen LogP contribution in [0.4, 0.5) is 10.2 Å². The Bertz CT molecular complexity index is 1560. The fourth-order valence-corrected chi connectivity index (χ4v) is 7.51. The number of sulfonamides is 1. The van der Waals surface area contributed by atoms with E-state index in [1.165, 1.54) is 22.5 Å². The zero-order valence-corrected chi connectivity index (χ0v) is 23.3. The number of carbonyl (C=O) groups is 1. The topological polar surface area (TPSA) is 97.6 Å². The van der Waals surface area contributed by atoms with E-state index in [2.05, 4.69) is 9.55 Å². The van der Waals surface area contributed by atoms with Crippen LogP contribution in [0.2, 0.25) is 10.2 Å². The Morgan fingerprint density at radius 2 is 1.90 bits per heavy atom. The third-order valence-corrected chi connectivity index (χ3v) is 9.79. The number of carbonyl (C=O) groups excluding carboxylic acids is 1. The Balaban J connectivity index is 1.27. The Labute approximate surface area is 235 Å². The average Bonchev–Trinajstić information content (AvgIpc) is 3.46. The van der Waals surface area contributed by atoms with Crippen molar-refractivity contribution >= 4 is 45.0 Å². The highest BCUT2D eigenvalue weighted by Gasteiger charge is 2.39. The van der Waals surface area contributed by atoms with Crippen molar-refractivity contribution in [3.05, 3.63) is 69.1 Å². The first kappa shape index (κ1) is 26.3. The summed E-state index contributed by atoms with van der Waals surface area (Å²) in [5, 5.41) is 0.226. The number of halogens is 3. The van der Waals surface area contributed by atoms with E-state index in [0.29, 0.717) is 31.5 Å². The fourth-order valence-electron chi connectivity index (χ4n) is 5.64. The predicted molar refractivity (Wildman–Crippen MR) is 144 cm³/mol. The van der Waals surface area contributed by atoms with Crippen LogP contribution in [0.15, 0.2) is 30.3 Å². The lowest BCUT2D eigenvalue weighted by atomic mass is 9.94. The molecule has 0 spiro atoms. The molecule has 1 aromatic carbocycles. The van der Waals surface area contributed by atoms with E-state index in [0.717, 1.165) is 43.0 Å². The summed E-state index contributed by atoms with van der Waals surface area (Å²) in [5.74, 6) is 0.544. The van der Waals surface area contributed by atoms with Crippen LogP contribution < -0.4 is 9.04 Å². The Morgan fingerprint density at radius 1 is 1.05 bits per heavy atom. The summed E-state index contributed by atoms with van der Waals surface area (Å²) in [5.41, 5.74) is 2.06. The van der Waals surface area contributed by atoms with Gasteiger partial charge >= 0.3 is 0 Å². The standard InChI is InChI=1S/C26H26Cl2FN5O4S/c27-16-5-6-17(18(29)14-16)24-25-19(30-21-4-1-2-10-32(21)25)9-12-33(24)23(35)15-38-20-7-8-22(31-26(20)28)34-11-3-13-39(34,36)37/h5-8,14,24H,1-4,9-13,15H2. The van der Waals surface area contributed by atoms with Crippen molar-refractivity contribution < 1.29 is 22.3 Å². The molecule has 6 rings (SSSR count). The van der Waals surface area contributed by atoms with Crippen LogP contribution in [0.1, 0.15) is 48.1 Å². The molecule has 3 aromatic rings. The van der Waals surface area contributed by atoms with Crippen LogP contribution >= 0.6 is 23.2 Å². The number of aromatic nitrogens is 3. The SMILES string of the molecule is O=C(COc1ccc(N2CCCS2(=O)=O)nc1Cl)N1CCc2nc3n(c2C1c1ccc(Cl)cc1F)CCCC3. The van der Waals surface area contributed by atoms with E-state index >= 15 is 4.39 Å². The van der Waals surface area contributed by atoms with Crippen molar-refractivity contribution in [2.45, 2.75) is 44.7 Å². The van der Waals surface area contributed by atoms with Crippen LogP contribution in [-0.2, 0) is 34.2 Å². The molecule has 1 atom stereocenters. The molecule has 2 aromatic heterocycles. The lowest BCUT2D eigenvalue weighted by molar-refractivity contribution is -0.135. The number of rotatable bonds is 5. The van der Waals surface area contributed by atoms with Gasteiger partial charge in [0.05, 0.1) is 17.1 Å². The number of hydrogen-bond donors (Lipinski definition) is 0. The van der Waals surface area contributed by atoms with E-state index in [-0.39, 0.29) is 40.0 Å². The Kier molecular flexibility index (Phi) is 6.93. The molecule has 206 valence electrons. The number of hydrogen-bond acceptors (Lipinski definition) is 6. The van der Waals surface area contributed by atoms with Gasteiger partial charge in [-0.3, -0.25) is 9.10 Å². The summed E-state index contributed by atoms with van der Waals surface area (Å²) >= 11 is 12.3. The minimum Gasteiger partial charge on any atom is -0.481 e. The van der Waals surface area contributed by atoms with Gasteiger partial charge in [0.2, 0.25) is 10.0 Å². The highest BCUT2D eigenvalue weighted by atomic mass is 35.5. The Hall–Kier alpha value is -2.89. The van der Waals surface area contributed by atoms with Crippen molar-refractivity contribution in [1.29, 1.82) is 0 Å². The smallest absolute Gasteiger partial charge is 0.261 e. The first-order valence-corrected chi connectivity index (χ1v) is 15.2. The number of benzene rings is 1. The molecular formula is C26H26Cl2FN5O4S. The first-order chi connectivity index (χ1) is 18.7. The van der Waals surface area contributed by atoms with Gasteiger partial charge < -0.3 is 14.2 Å². The second-order valence-corrected chi connectivity index (χ2v) is 12.7. The van der Waals surface area contributed by atoms with E-state index in [1.807, 2.05) is 0 Å². The van der Waals surface area contributed by atoms with E-state index in [9.17, 15) is 13.2 Å². The lowest BCUT2D eigenvalue weighted by Crippen LogP contribution is -2.44. The zero-order valence-electron chi connectivity index (χ0n) is 20.9. The van der Waals surface area contributed by atoms with Gasteiger partial charge in [0, 0.05) is 43.1 Å². The molecule has 1 amide bonds. The van der Waals surface area contributed by atoms with Crippen LogP contribution in [0.3, 0.4) is 0 Å². The largest absolute Gasteiger partial charge is 0.481 e. The van der Waals surface area contributed by atoms with Crippen molar-refractivity contribution in [1.82, 2.24) is 19.4 Å². The van der Waals surface area contributed by atoms with Crippen LogP contribution in [0, 0.1) is 5.82 Å². The van der Waals surface area contributed by atoms with Crippen molar-refractivity contribution in [2.75, 3.05) is 29.8 Å². The molecule has 1 unspecified atom stereocenters. The van der Waals surface area contributed by atoms with Gasteiger partial charge in [-0.2, -0.15) is 0 Å². The molecule has 1 saturated heterocycles. The number of anilines is 1. The van der Waals surface area contributed by atoms with Gasteiger partial charge in [0.25, 0.3) is 5.91 Å². The maximum absolute atomic E-state index is 15.3. The molecule has 3 aliphatic rings. The van der Waals surface area contributed by atoms with Crippen molar-refractivity contribution in [3.63, 3.8) is 0 Å². The monoisotopic (exact) mass is 593 g/mol. The maximum atomic E-state index is 15.3. The summed E-state index contributed by atoms with van der Waals surface area (Å²) in [6.07, 6.45) is 3.95. The summed E-state index contributed by atoms with van der Waals surface area (Å²) in [6.45, 7) is 1.09. The van der Waals surface area contributed by atoms with Crippen LogP contribution in [0.25, 0.3) is 0 Å². The molecule has 3 aliphatic heterocycles. The number of imidazole rings is 1. The van der Waals surface area contributed by atoms with Gasteiger partial charge in [0.1, 0.15) is 23.5 Å². The quantitative estimate of drug-likeness (QED) is 0.412. The number of ether oxygens (including phenoxy) is 1. The average molecular weight is 594 g/mol. The summed E-state index contributed by atoms with van der Waals surface area (Å²) in [7, 11) is -3.41. The highest BCUT2D eigenvalue weighted by Crippen LogP contribution is 2.39. The van der Waals surface area contributed by atoms with Crippen LogP contribution in [0.5, 0.6) is 5.75 Å². The molecule has 0 N–H and O–H groups in total. The second-order valence-electron chi connectivity index (χ2n) is 9.86. The molecule has 5 heterocycles. The first-order valence-electron chi connectivity index (χ1n) is 12.9. The van der Waals surface area contributed by atoms with Crippen molar-refractivity contribution in [3.8, 4) is 5.75 Å². The van der Waals surface area contributed by atoms with Gasteiger partial charge in [-0.1, -0.05) is 29.3 Å². The van der Waals surface area contributed by atoms with Crippen LogP contribution in [-0.4, -0.2) is 59.2 Å². The molecule has 1 fully saturated rings. The molecule has 39 heavy (non-hydrogen) atoms. The van der Waals surface area contributed by atoms with Gasteiger partial charge in [-0.15, -0.1) is 0 Å². The Morgan fingerprint density at radius 3 is 2.64 bits per heavy atom. The van der Waals surface area contributed by atoms with Gasteiger partial charge in [0.15, 0.2) is 17.5 Å². The van der Waals surface area contributed by atoms with Gasteiger partial charge in [-0.05, 0) is 43.5 Å². The summed E-state index contributed by atoms with van der Waals surface area (Å²) < 4.78 is 48.8. The molecule has 0 radical (unpaired) electrons. The fraction of sp³-hybridized carbons (Fsp3) is 0.423.